The molecule has 0 atom stereocenters. The largest absolute Gasteiger partial charge is 0.479 e. The molecule has 0 fully saturated rings. The lowest BCUT2D eigenvalue weighted by molar-refractivity contribution is -0.116. The minimum absolute atomic E-state index is 0.0252. The fourth-order valence-electron chi connectivity index (χ4n) is 3.24. The molecule has 3 aromatic rings. The number of carbonyl (C=O) groups is 1. The van der Waals surface area contributed by atoms with Crippen molar-refractivity contribution in [3.8, 4) is 5.88 Å². The Morgan fingerprint density at radius 1 is 1.30 bits per heavy atom. The lowest BCUT2D eigenvalue weighted by atomic mass is 10.00. The normalized spacial score (nSPS) is 11.0. The van der Waals surface area contributed by atoms with E-state index in [1.807, 2.05) is 46.0 Å². The van der Waals surface area contributed by atoms with E-state index in [4.69, 9.17) is 4.74 Å². The first kappa shape index (κ1) is 19.4. The summed E-state index contributed by atoms with van der Waals surface area (Å²) in [6, 6.07) is 5.79. The molecule has 6 nitrogen and oxygen atoms in total. The Labute approximate surface area is 167 Å². The van der Waals surface area contributed by atoms with E-state index in [0.29, 0.717) is 18.7 Å². The van der Waals surface area contributed by atoms with Crippen molar-refractivity contribution in [3.05, 3.63) is 45.1 Å². The van der Waals surface area contributed by atoms with Crippen LogP contribution in [0.3, 0.4) is 0 Å². The van der Waals surface area contributed by atoms with Gasteiger partial charge < -0.3 is 10.1 Å². The maximum Gasteiger partial charge on any atom is 0.242 e. The fraction of sp³-hybridized carbons (Fsp3) is 0.350. The quantitative estimate of drug-likeness (QED) is 0.657. The number of ether oxygens (including phenoxy) is 1. The van der Waals surface area contributed by atoms with E-state index in [-0.39, 0.29) is 5.91 Å². The van der Waals surface area contributed by atoms with Crippen molar-refractivity contribution >= 4 is 38.6 Å². The van der Waals surface area contributed by atoms with Crippen LogP contribution in [0.25, 0.3) is 11.0 Å². The van der Waals surface area contributed by atoms with Gasteiger partial charge in [0.15, 0.2) is 5.65 Å². The van der Waals surface area contributed by atoms with Crippen molar-refractivity contribution < 1.29 is 9.53 Å². The molecule has 0 spiro atoms. The van der Waals surface area contributed by atoms with E-state index in [9.17, 15) is 4.79 Å². The molecular formula is C20H23BrN4O2. The molecule has 2 heterocycles. The molecule has 0 aliphatic heterocycles. The number of pyridine rings is 1. The standard InChI is InChI=1S/C20H23BrN4O2/c1-11-6-7-14(10-16(11)21)23-17(26)9-8-15-12(2)18-19(22-13(15)3)25(4)24-20(18)27-5/h6-7,10H,8-9H2,1-5H3,(H,23,26). The number of nitrogens with one attached hydrogen (secondary N) is 1. The Morgan fingerprint density at radius 2 is 2.04 bits per heavy atom. The third-order valence-corrected chi connectivity index (χ3v) is 5.63. The highest BCUT2D eigenvalue weighted by molar-refractivity contribution is 9.10. The minimum atomic E-state index is -0.0252. The Hall–Kier alpha value is -2.41. The van der Waals surface area contributed by atoms with Crippen LogP contribution >= 0.6 is 15.9 Å². The number of aromatic nitrogens is 3. The van der Waals surface area contributed by atoms with Crippen LogP contribution in [-0.4, -0.2) is 27.8 Å². The van der Waals surface area contributed by atoms with Crippen LogP contribution in [0.15, 0.2) is 22.7 Å². The summed E-state index contributed by atoms with van der Waals surface area (Å²) in [5, 5.41) is 8.22. The van der Waals surface area contributed by atoms with Crippen LogP contribution in [0.4, 0.5) is 5.69 Å². The predicted molar refractivity (Wildman–Crippen MR) is 110 cm³/mol. The summed E-state index contributed by atoms with van der Waals surface area (Å²) in [4.78, 5) is 17.1. The molecule has 1 N–H and O–H groups in total. The molecule has 0 aliphatic carbocycles. The third kappa shape index (κ3) is 3.83. The van der Waals surface area contributed by atoms with Gasteiger partial charge in [0.1, 0.15) is 0 Å². The van der Waals surface area contributed by atoms with Crippen LogP contribution in [0.5, 0.6) is 5.88 Å². The number of nitrogens with zero attached hydrogens (tertiary/aromatic N) is 3. The number of carbonyl (C=O) groups excluding carboxylic acids is 1. The van der Waals surface area contributed by atoms with Gasteiger partial charge in [0.05, 0.1) is 12.5 Å². The Balaban J connectivity index is 1.80. The topological polar surface area (TPSA) is 69.0 Å². The first-order valence-electron chi connectivity index (χ1n) is 8.74. The molecular weight excluding hydrogens is 408 g/mol. The molecule has 0 bridgehead atoms. The zero-order valence-electron chi connectivity index (χ0n) is 16.2. The highest BCUT2D eigenvalue weighted by Gasteiger charge is 2.18. The zero-order valence-corrected chi connectivity index (χ0v) is 17.8. The van der Waals surface area contributed by atoms with E-state index >= 15 is 0 Å². The molecule has 0 radical (unpaired) electrons. The maximum atomic E-state index is 12.4. The molecule has 1 aromatic carbocycles. The van der Waals surface area contributed by atoms with Gasteiger partial charge in [-0.1, -0.05) is 22.0 Å². The van der Waals surface area contributed by atoms with E-state index in [0.717, 1.165) is 43.6 Å². The molecule has 0 unspecified atom stereocenters. The van der Waals surface area contributed by atoms with Crippen molar-refractivity contribution in [2.24, 2.45) is 7.05 Å². The Kier molecular flexibility index (Phi) is 5.51. The predicted octanol–water partition coefficient (Wildman–Crippen LogP) is 4.24. The van der Waals surface area contributed by atoms with E-state index < -0.39 is 0 Å². The molecule has 2 aromatic heterocycles. The first-order valence-corrected chi connectivity index (χ1v) is 9.54. The number of amides is 1. The van der Waals surface area contributed by atoms with Gasteiger partial charge in [-0.3, -0.25) is 4.79 Å². The SMILES string of the molecule is COc1nn(C)c2nc(C)c(CCC(=O)Nc3ccc(C)c(Br)c3)c(C)c12. The van der Waals surface area contributed by atoms with Crippen LogP contribution in [-0.2, 0) is 18.3 Å². The number of methoxy groups -OCH3 is 1. The monoisotopic (exact) mass is 430 g/mol. The third-order valence-electron chi connectivity index (χ3n) is 4.77. The van der Waals surface area contributed by atoms with Crippen molar-refractivity contribution in [3.63, 3.8) is 0 Å². The van der Waals surface area contributed by atoms with E-state index in [2.05, 4.69) is 31.3 Å². The summed E-state index contributed by atoms with van der Waals surface area (Å²) in [6.45, 7) is 6.01. The maximum absolute atomic E-state index is 12.4. The van der Waals surface area contributed by atoms with E-state index in [1.54, 1.807) is 11.8 Å². The van der Waals surface area contributed by atoms with Crippen molar-refractivity contribution in [2.75, 3.05) is 12.4 Å². The average Bonchev–Trinajstić information content (AvgIpc) is 2.94. The molecule has 1 amide bonds. The Bertz CT molecular complexity index is 1030. The van der Waals surface area contributed by atoms with Crippen LogP contribution in [0.2, 0.25) is 0 Å². The summed E-state index contributed by atoms with van der Waals surface area (Å²) in [5.41, 5.74) is 5.75. The molecule has 27 heavy (non-hydrogen) atoms. The summed E-state index contributed by atoms with van der Waals surface area (Å²) < 4.78 is 8.09. The minimum Gasteiger partial charge on any atom is -0.479 e. The zero-order chi connectivity index (χ0) is 19.7. The number of halogens is 1. The van der Waals surface area contributed by atoms with Gasteiger partial charge in [0.2, 0.25) is 11.8 Å². The van der Waals surface area contributed by atoms with Gasteiger partial charge >= 0.3 is 0 Å². The van der Waals surface area contributed by atoms with Gasteiger partial charge in [0.25, 0.3) is 0 Å². The molecule has 3 rings (SSSR count). The second-order valence-corrected chi connectivity index (χ2v) is 7.50. The Morgan fingerprint density at radius 3 is 2.70 bits per heavy atom. The second kappa shape index (κ2) is 7.68. The summed E-state index contributed by atoms with van der Waals surface area (Å²) >= 11 is 3.49. The van der Waals surface area contributed by atoms with Crippen LogP contribution < -0.4 is 10.1 Å². The molecule has 7 heteroatoms. The average molecular weight is 431 g/mol. The van der Waals surface area contributed by atoms with Crippen molar-refractivity contribution in [1.82, 2.24) is 14.8 Å². The summed E-state index contributed by atoms with van der Waals surface area (Å²) in [7, 11) is 3.46. The van der Waals surface area contributed by atoms with Gasteiger partial charge in [-0.15, -0.1) is 5.10 Å². The van der Waals surface area contributed by atoms with Gasteiger partial charge in [-0.2, -0.15) is 0 Å². The highest BCUT2D eigenvalue weighted by Crippen LogP contribution is 2.30. The van der Waals surface area contributed by atoms with Gasteiger partial charge in [0, 0.05) is 29.3 Å². The van der Waals surface area contributed by atoms with Gasteiger partial charge in [-0.05, 0) is 56.0 Å². The van der Waals surface area contributed by atoms with E-state index in [1.165, 1.54) is 0 Å². The number of hydrogen-bond acceptors (Lipinski definition) is 4. The van der Waals surface area contributed by atoms with Gasteiger partial charge in [-0.25, -0.2) is 9.67 Å². The number of rotatable bonds is 5. The summed E-state index contributed by atoms with van der Waals surface area (Å²) in [5.74, 6) is 0.538. The second-order valence-electron chi connectivity index (χ2n) is 6.64. The number of hydrogen-bond donors (Lipinski definition) is 1. The molecule has 0 aliphatic rings. The number of fused-ring (bicyclic) bond motifs is 1. The first-order chi connectivity index (χ1) is 12.8. The highest BCUT2D eigenvalue weighted by atomic mass is 79.9. The number of benzene rings is 1. The fourth-order valence-corrected chi connectivity index (χ4v) is 3.62. The summed E-state index contributed by atoms with van der Waals surface area (Å²) in [6.07, 6.45) is 0.987. The number of aryl methyl sites for hydroxylation is 4. The van der Waals surface area contributed by atoms with Crippen molar-refractivity contribution in [1.29, 1.82) is 0 Å². The smallest absolute Gasteiger partial charge is 0.242 e. The number of anilines is 1. The molecule has 0 saturated carbocycles. The lowest BCUT2D eigenvalue weighted by Gasteiger charge is -2.12. The van der Waals surface area contributed by atoms with Crippen LogP contribution in [0, 0.1) is 20.8 Å². The molecule has 142 valence electrons. The van der Waals surface area contributed by atoms with Crippen LogP contribution in [0.1, 0.15) is 28.8 Å². The van der Waals surface area contributed by atoms with Crippen molar-refractivity contribution in [2.45, 2.75) is 33.6 Å². The lowest BCUT2D eigenvalue weighted by Crippen LogP contribution is -2.13. The molecule has 0 saturated heterocycles.